The summed E-state index contributed by atoms with van der Waals surface area (Å²) in [6, 6.07) is 8.42. The number of sulfonamides is 1. The number of anilines is 1. The minimum atomic E-state index is -3.50. The second kappa shape index (κ2) is 5.65. The van der Waals surface area contributed by atoms with Crippen molar-refractivity contribution in [3.8, 4) is 0 Å². The number of nitrogens with one attached hydrogen (secondary N) is 1. The quantitative estimate of drug-likeness (QED) is 0.435. The third-order valence-electron chi connectivity index (χ3n) is 2.19. The maximum Gasteiger partial charge on any atom is 0.254 e. The van der Waals surface area contributed by atoms with Gasteiger partial charge in [-0.05, 0) is 19.1 Å². The van der Waals surface area contributed by atoms with E-state index in [1.165, 1.54) is 6.92 Å². The molecular formula is C10H15N3O3S. The second-order valence-corrected chi connectivity index (χ2v) is 5.49. The van der Waals surface area contributed by atoms with Crippen molar-refractivity contribution in [2.45, 2.75) is 6.92 Å². The fourth-order valence-corrected chi connectivity index (χ4v) is 2.34. The van der Waals surface area contributed by atoms with Crippen LogP contribution in [0.15, 0.2) is 30.3 Å². The van der Waals surface area contributed by atoms with E-state index < -0.39 is 15.9 Å². The maximum atomic E-state index is 11.9. The summed E-state index contributed by atoms with van der Waals surface area (Å²) in [6.45, 7) is 1.20. The lowest BCUT2D eigenvalue weighted by atomic mass is 10.3. The van der Waals surface area contributed by atoms with Crippen LogP contribution in [0.5, 0.6) is 0 Å². The molecule has 0 aliphatic heterocycles. The van der Waals surface area contributed by atoms with Gasteiger partial charge in [-0.3, -0.25) is 14.5 Å². The van der Waals surface area contributed by atoms with E-state index in [0.717, 1.165) is 4.31 Å². The molecule has 0 radical (unpaired) electrons. The van der Waals surface area contributed by atoms with Crippen LogP contribution in [-0.4, -0.2) is 26.6 Å². The van der Waals surface area contributed by atoms with Crippen molar-refractivity contribution in [1.29, 1.82) is 0 Å². The van der Waals surface area contributed by atoms with Gasteiger partial charge in [0.15, 0.2) is 0 Å². The zero-order chi connectivity index (χ0) is 12.9. The number of hydrogen-bond acceptors (Lipinski definition) is 4. The molecule has 1 amide bonds. The molecule has 0 saturated heterocycles. The van der Waals surface area contributed by atoms with E-state index in [9.17, 15) is 13.2 Å². The summed E-state index contributed by atoms with van der Waals surface area (Å²) in [7, 11) is -3.50. The first-order valence-corrected chi connectivity index (χ1v) is 6.67. The minimum absolute atomic E-state index is 0.0836. The molecule has 7 heteroatoms. The van der Waals surface area contributed by atoms with E-state index in [1.807, 2.05) is 5.43 Å². The van der Waals surface area contributed by atoms with Crippen LogP contribution in [0.1, 0.15) is 6.92 Å². The van der Waals surface area contributed by atoms with Gasteiger partial charge in [0.25, 0.3) is 5.91 Å². The fraction of sp³-hybridized carbons (Fsp3) is 0.300. The average molecular weight is 257 g/mol. The molecule has 6 nitrogen and oxygen atoms in total. The standard InChI is InChI=1S/C10H15N3O3S/c1-2-17(15,16)13(8-10(14)12-11)9-6-4-3-5-7-9/h3-7H,2,8,11H2,1H3,(H,12,14). The molecule has 17 heavy (non-hydrogen) atoms. The number of rotatable bonds is 5. The number of nitrogens with two attached hydrogens (primary N) is 1. The average Bonchev–Trinajstić information content (AvgIpc) is 2.36. The largest absolute Gasteiger partial charge is 0.293 e. The predicted octanol–water partition coefficient (Wildman–Crippen LogP) is -0.167. The number of para-hydroxylation sites is 1. The van der Waals surface area contributed by atoms with Crippen molar-refractivity contribution in [2.75, 3.05) is 16.6 Å². The van der Waals surface area contributed by atoms with Gasteiger partial charge in [0.1, 0.15) is 6.54 Å². The highest BCUT2D eigenvalue weighted by molar-refractivity contribution is 7.92. The highest BCUT2D eigenvalue weighted by Crippen LogP contribution is 2.17. The van der Waals surface area contributed by atoms with E-state index in [0.29, 0.717) is 5.69 Å². The van der Waals surface area contributed by atoms with Crippen LogP contribution >= 0.6 is 0 Å². The normalized spacial score (nSPS) is 10.9. The van der Waals surface area contributed by atoms with E-state index in [2.05, 4.69) is 0 Å². The van der Waals surface area contributed by atoms with Crippen LogP contribution in [0.2, 0.25) is 0 Å². The van der Waals surface area contributed by atoms with Gasteiger partial charge in [0.05, 0.1) is 11.4 Å². The Labute approximate surface area is 100 Å². The summed E-state index contributed by atoms with van der Waals surface area (Å²) < 4.78 is 24.7. The van der Waals surface area contributed by atoms with Gasteiger partial charge in [-0.1, -0.05) is 18.2 Å². The lowest BCUT2D eigenvalue weighted by molar-refractivity contribution is -0.119. The van der Waals surface area contributed by atoms with E-state index in [1.54, 1.807) is 30.3 Å². The van der Waals surface area contributed by atoms with E-state index >= 15 is 0 Å². The molecule has 1 aromatic rings. The van der Waals surface area contributed by atoms with Gasteiger partial charge in [-0.2, -0.15) is 0 Å². The van der Waals surface area contributed by atoms with Crippen molar-refractivity contribution >= 4 is 21.6 Å². The Morgan fingerprint density at radius 3 is 2.41 bits per heavy atom. The second-order valence-electron chi connectivity index (χ2n) is 3.31. The lowest BCUT2D eigenvalue weighted by Gasteiger charge is -2.22. The zero-order valence-electron chi connectivity index (χ0n) is 9.46. The molecule has 94 valence electrons. The molecule has 0 unspecified atom stereocenters. The maximum absolute atomic E-state index is 11.9. The van der Waals surface area contributed by atoms with Crippen LogP contribution in [-0.2, 0) is 14.8 Å². The SMILES string of the molecule is CCS(=O)(=O)N(CC(=O)NN)c1ccccc1. The molecule has 0 saturated carbocycles. The van der Waals surface area contributed by atoms with Crippen molar-refractivity contribution in [2.24, 2.45) is 5.84 Å². The molecule has 3 N–H and O–H groups in total. The summed E-state index contributed by atoms with van der Waals surface area (Å²) >= 11 is 0. The third kappa shape index (κ3) is 3.43. The topological polar surface area (TPSA) is 92.5 Å². The van der Waals surface area contributed by atoms with E-state index in [4.69, 9.17) is 5.84 Å². The van der Waals surface area contributed by atoms with Gasteiger partial charge in [-0.15, -0.1) is 0 Å². The van der Waals surface area contributed by atoms with Gasteiger partial charge >= 0.3 is 0 Å². The third-order valence-corrected chi connectivity index (χ3v) is 3.93. The predicted molar refractivity (Wildman–Crippen MR) is 65.6 cm³/mol. The van der Waals surface area contributed by atoms with Crippen LogP contribution in [0, 0.1) is 0 Å². The molecule has 0 fully saturated rings. The first-order chi connectivity index (χ1) is 8.01. The molecule has 0 atom stereocenters. The fourth-order valence-electron chi connectivity index (χ4n) is 1.28. The van der Waals surface area contributed by atoms with Crippen LogP contribution < -0.4 is 15.6 Å². The Hall–Kier alpha value is -1.60. The molecule has 0 bridgehead atoms. The molecule has 0 spiro atoms. The monoisotopic (exact) mass is 257 g/mol. The van der Waals surface area contributed by atoms with E-state index in [-0.39, 0.29) is 12.3 Å². The summed E-state index contributed by atoms with van der Waals surface area (Å²) in [5.41, 5.74) is 2.36. The highest BCUT2D eigenvalue weighted by atomic mass is 32.2. The Bertz CT molecular complexity index is 473. The van der Waals surface area contributed by atoms with Crippen molar-refractivity contribution in [3.63, 3.8) is 0 Å². The minimum Gasteiger partial charge on any atom is -0.293 e. The van der Waals surface area contributed by atoms with Gasteiger partial charge < -0.3 is 0 Å². The summed E-state index contributed by atoms with van der Waals surface area (Å²) in [5.74, 6) is 4.31. The number of nitrogens with zero attached hydrogens (tertiary/aromatic N) is 1. The molecule has 1 rings (SSSR count). The van der Waals surface area contributed by atoms with Crippen molar-refractivity contribution in [1.82, 2.24) is 5.43 Å². The molecule has 0 aromatic heterocycles. The van der Waals surface area contributed by atoms with Crippen LogP contribution in [0.25, 0.3) is 0 Å². The van der Waals surface area contributed by atoms with Crippen LogP contribution in [0.4, 0.5) is 5.69 Å². The van der Waals surface area contributed by atoms with Gasteiger partial charge in [0, 0.05) is 0 Å². The highest BCUT2D eigenvalue weighted by Gasteiger charge is 2.22. The number of benzene rings is 1. The smallest absolute Gasteiger partial charge is 0.254 e. The molecule has 1 aromatic carbocycles. The molecule has 0 aliphatic rings. The van der Waals surface area contributed by atoms with Gasteiger partial charge in [0.2, 0.25) is 10.0 Å². The number of carbonyl (C=O) groups excluding carboxylic acids is 1. The first kappa shape index (κ1) is 13.5. The number of carbonyl (C=O) groups is 1. The summed E-state index contributed by atoms with van der Waals surface area (Å²) in [4.78, 5) is 11.2. The summed E-state index contributed by atoms with van der Waals surface area (Å²) in [6.07, 6.45) is 0. The molecule has 0 heterocycles. The number of amides is 1. The Kier molecular flexibility index (Phi) is 4.47. The molecule has 0 aliphatic carbocycles. The van der Waals surface area contributed by atoms with Gasteiger partial charge in [-0.25, -0.2) is 14.3 Å². The number of hydrogen-bond donors (Lipinski definition) is 2. The summed E-state index contributed by atoms with van der Waals surface area (Å²) in [5, 5.41) is 0. The molecular weight excluding hydrogens is 242 g/mol. The Morgan fingerprint density at radius 2 is 1.94 bits per heavy atom. The van der Waals surface area contributed by atoms with Crippen LogP contribution in [0.3, 0.4) is 0 Å². The lowest BCUT2D eigenvalue weighted by Crippen LogP contribution is -2.43. The van der Waals surface area contributed by atoms with Crippen molar-refractivity contribution in [3.05, 3.63) is 30.3 Å². The zero-order valence-corrected chi connectivity index (χ0v) is 10.3. The first-order valence-electron chi connectivity index (χ1n) is 5.06. The Balaban J connectivity index is 3.08. The number of hydrazine groups is 1. The van der Waals surface area contributed by atoms with Crippen molar-refractivity contribution < 1.29 is 13.2 Å². The Morgan fingerprint density at radius 1 is 1.35 bits per heavy atom.